The van der Waals surface area contributed by atoms with Crippen LogP contribution >= 0.6 is 11.3 Å². The van der Waals surface area contributed by atoms with Gasteiger partial charge in [-0.2, -0.15) is 0 Å². The van der Waals surface area contributed by atoms with Crippen molar-refractivity contribution in [3.05, 3.63) is 88.1 Å². The lowest BCUT2D eigenvalue weighted by molar-refractivity contribution is 0.0229. The molecular weight excluding hydrogens is 690 g/mol. The number of benzene rings is 2. The molecule has 4 aromatic heterocycles. The summed E-state index contributed by atoms with van der Waals surface area (Å²) in [6, 6.07) is 16.0. The number of imidazole rings is 2. The quantitative estimate of drug-likeness (QED) is 0.130. The Balaban J connectivity index is 1.24. The van der Waals surface area contributed by atoms with Crippen LogP contribution in [-0.2, 0) is 24.2 Å². The van der Waals surface area contributed by atoms with E-state index in [1.807, 2.05) is 45.9 Å². The highest BCUT2D eigenvalue weighted by molar-refractivity contribution is 7.12. The number of halogens is 1. The molecular formula is C41H48FN7O3S. The van der Waals surface area contributed by atoms with Crippen molar-refractivity contribution in [1.29, 1.82) is 0 Å². The first-order valence-corrected chi connectivity index (χ1v) is 19.2. The van der Waals surface area contributed by atoms with Crippen LogP contribution in [0.5, 0.6) is 5.75 Å². The van der Waals surface area contributed by atoms with Gasteiger partial charge in [-0.05, 0) is 96.1 Å². The molecule has 7 rings (SSSR count). The predicted octanol–water partition coefficient (Wildman–Crippen LogP) is 9.78. The van der Waals surface area contributed by atoms with Gasteiger partial charge < -0.3 is 24.3 Å². The fraction of sp³-hybridized carbons (Fsp3) is 0.390. The van der Waals surface area contributed by atoms with Gasteiger partial charge >= 0.3 is 6.09 Å². The zero-order valence-corrected chi connectivity index (χ0v) is 32.4. The Labute approximate surface area is 314 Å². The maximum Gasteiger partial charge on any atom is 0.410 e. The molecule has 1 unspecified atom stereocenters. The summed E-state index contributed by atoms with van der Waals surface area (Å²) >= 11 is 1.71. The fourth-order valence-electron chi connectivity index (χ4n) is 6.91. The Bertz CT molecular complexity index is 2240. The molecule has 0 fully saturated rings. The van der Waals surface area contributed by atoms with Crippen LogP contribution in [0, 0.1) is 5.82 Å². The summed E-state index contributed by atoms with van der Waals surface area (Å²) < 4.78 is 30.9. The number of nitrogens with zero attached hydrogens (tertiary/aromatic N) is 5. The molecule has 2 aromatic carbocycles. The van der Waals surface area contributed by atoms with E-state index in [9.17, 15) is 4.79 Å². The van der Waals surface area contributed by atoms with Gasteiger partial charge in [0.2, 0.25) is 6.23 Å². The lowest BCUT2D eigenvalue weighted by Crippen LogP contribution is -2.37. The van der Waals surface area contributed by atoms with Crippen LogP contribution in [0.3, 0.4) is 0 Å². The molecule has 0 saturated heterocycles. The predicted molar refractivity (Wildman–Crippen MR) is 209 cm³/mol. The molecule has 0 saturated carbocycles. The largest absolute Gasteiger partial charge is 0.464 e. The number of fused-ring (bicyclic) bond motifs is 5. The molecule has 278 valence electrons. The van der Waals surface area contributed by atoms with E-state index in [4.69, 9.17) is 9.47 Å². The number of carbonyl (C=O) groups is 1. The SMILES string of the molecule is CCCN(C)Cc1ncc(-c2cc(F)c3c(c2)OC(c2ccc(CC)s2)n2c-3cc3cc(-c4cnc(CN(CCC)C(=O)OC(C)(C)C)[nH]4)ccc32)[nH]1. The zero-order chi connectivity index (χ0) is 37.4. The van der Waals surface area contributed by atoms with Gasteiger partial charge in [-0.25, -0.2) is 19.2 Å². The fourth-order valence-corrected chi connectivity index (χ4v) is 7.88. The average Bonchev–Trinajstić information content (AvgIpc) is 3.93. The molecule has 2 N–H and O–H groups in total. The number of thiophene rings is 1. The topological polar surface area (TPSA) is 104 Å². The summed E-state index contributed by atoms with van der Waals surface area (Å²) in [5.41, 5.74) is 4.70. The maximum absolute atomic E-state index is 16.4. The number of carbonyl (C=O) groups excluding carboxylic acids is 1. The van der Waals surface area contributed by atoms with Gasteiger partial charge in [0.25, 0.3) is 0 Å². The van der Waals surface area contributed by atoms with Crippen molar-refractivity contribution < 1.29 is 18.7 Å². The number of amides is 1. The molecule has 1 atom stereocenters. The van der Waals surface area contributed by atoms with Crippen LogP contribution in [0.2, 0.25) is 0 Å². The number of aryl methyl sites for hydroxylation is 1. The van der Waals surface area contributed by atoms with Crippen molar-refractivity contribution in [2.45, 2.75) is 85.7 Å². The van der Waals surface area contributed by atoms with Gasteiger partial charge in [0.15, 0.2) is 0 Å². The number of ether oxygens (including phenoxy) is 2. The number of H-pyrrole nitrogens is 2. The van der Waals surface area contributed by atoms with Gasteiger partial charge in [0, 0.05) is 27.9 Å². The van der Waals surface area contributed by atoms with Crippen molar-refractivity contribution in [3.8, 4) is 39.5 Å². The number of aromatic nitrogens is 5. The minimum atomic E-state index is -0.587. The number of hydrogen-bond acceptors (Lipinski definition) is 7. The number of rotatable bonds is 12. The average molecular weight is 738 g/mol. The second kappa shape index (κ2) is 14.8. The summed E-state index contributed by atoms with van der Waals surface area (Å²) in [5, 5.41) is 0.946. The molecule has 6 aromatic rings. The molecule has 53 heavy (non-hydrogen) atoms. The van der Waals surface area contributed by atoms with E-state index < -0.39 is 11.8 Å². The molecule has 1 aliphatic heterocycles. The highest BCUT2D eigenvalue weighted by Gasteiger charge is 2.33. The molecule has 0 bridgehead atoms. The van der Waals surface area contributed by atoms with Crippen LogP contribution in [0.15, 0.2) is 60.9 Å². The molecule has 1 amide bonds. The molecule has 0 aliphatic carbocycles. The third-order valence-electron chi connectivity index (χ3n) is 9.29. The first-order valence-electron chi connectivity index (χ1n) is 18.4. The van der Waals surface area contributed by atoms with E-state index in [1.54, 1.807) is 34.7 Å². The van der Waals surface area contributed by atoms with Crippen molar-refractivity contribution in [3.63, 3.8) is 0 Å². The standard InChI is InChI=1S/C41H48FN7O3S/c1-8-15-47(7)23-36-43-22-31(46-36)26-18-29(42)38-33-19-27-17-25(30-21-44-37(45-30)24-48(16-9-2)40(50)52-41(4,5)6)11-13-32(27)49(33)39(51-34(38)20-26)35-14-12-28(10-3)53-35/h11-14,17-22,39H,8-10,15-16,23-24H2,1-7H3,(H,43,46)(H,44,45). The normalized spacial score (nSPS) is 14.0. The summed E-state index contributed by atoms with van der Waals surface area (Å²) in [6.45, 7) is 14.4. The van der Waals surface area contributed by atoms with Gasteiger partial charge in [-0.3, -0.25) is 9.47 Å². The molecule has 5 heterocycles. The molecule has 1 aliphatic rings. The van der Waals surface area contributed by atoms with Crippen molar-refractivity contribution in [2.24, 2.45) is 0 Å². The Morgan fingerprint density at radius 2 is 1.66 bits per heavy atom. The van der Waals surface area contributed by atoms with Crippen LogP contribution in [0.25, 0.3) is 44.7 Å². The first kappa shape index (κ1) is 36.4. The van der Waals surface area contributed by atoms with E-state index in [0.717, 1.165) is 70.1 Å². The summed E-state index contributed by atoms with van der Waals surface area (Å²) in [5.74, 6) is 1.63. The third kappa shape index (κ3) is 7.61. The van der Waals surface area contributed by atoms with E-state index >= 15 is 4.39 Å². The Hall–Kier alpha value is -4.94. The second-order valence-electron chi connectivity index (χ2n) is 14.8. The van der Waals surface area contributed by atoms with Crippen LogP contribution < -0.4 is 4.74 Å². The first-order chi connectivity index (χ1) is 25.4. The van der Waals surface area contributed by atoms with Crippen molar-refractivity contribution in [1.82, 2.24) is 34.3 Å². The highest BCUT2D eigenvalue weighted by atomic mass is 32.1. The monoisotopic (exact) mass is 737 g/mol. The van der Waals surface area contributed by atoms with Crippen LogP contribution in [-0.4, -0.2) is 66.1 Å². The van der Waals surface area contributed by atoms with Gasteiger partial charge in [0.1, 0.15) is 28.8 Å². The number of aromatic amines is 2. The van der Waals surface area contributed by atoms with E-state index in [0.29, 0.717) is 42.3 Å². The zero-order valence-electron chi connectivity index (χ0n) is 31.5. The number of hydrogen-bond donors (Lipinski definition) is 2. The molecule has 0 spiro atoms. The van der Waals surface area contributed by atoms with E-state index in [2.05, 4.69) is 74.6 Å². The highest BCUT2D eigenvalue weighted by Crippen LogP contribution is 2.48. The second-order valence-corrected chi connectivity index (χ2v) is 16.0. The molecule has 12 heteroatoms. The minimum absolute atomic E-state index is 0.304. The smallest absolute Gasteiger partial charge is 0.410 e. The van der Waals surface area contributed by atoms with Crippen LogP contribution in [0.1, 0.15) is 82.0 Å². The lowest BCUT2D eigenvalue weighted by atomic mass is 10.0. The van der Waals surface area contributed by atoms with Gasteiger partial charge in [-0.1, -0.05) is 26.8 Å². The molecule has 0 radical (unpaired) electrons. The van der Waals surface area contributed by atoms with E-state index in [-0.39, 0.29) is 11.9 Å². The lowest BCUT2D eigenvalue weighted by Gasteiger charge is -2.30. The maximum atomic E-state index is 16.4. The Morgan fingerprint density at radius 1 is 0.943 bits per heavy atom. The van der Waals surface area contributed by atoms with Crippen molar-refractivity contribution >= 4 is 28.3 Å². The number of nitrogens with one attached hydrogen (secondary N) is 2. The minimum Gasteiger partial charge on any atom is -0.464 e. The molecule has 10 nitrogen and oxygen atoms in total. The van der Waals surface area contributed by atoms with Gasteiger partial charge in [-0.15, -0.1) is 11.3 Å². The van der Waals surface area contributed by atoms with E-state index in [1.165, 1.54) is 4.88 Å². The summed E-state index contributed by atoms with van der Waals surface area (Å²) in [6.07, 6.45) is 5.49. The Morgan fingerprint density at radius 3 is 2.34 bits per heavy atom. The van der Waals surface area contributed by atoms with Crippen LogP contribution in [0.4, 0.5) is 9.18 Å². The summed E-state index contributed by atoms with van der Waals surface area (Å²) in [4.78, 5) is 35.1. The third-order valence-corrected chi connectivity index (χ3v) is 10.5. The van der Waals surface area contributed by atoms with Gasteiger partial charge in [0.05, 0.1) is 58.5 Å². The Kier molecular flexibility index (Phi) is 10.2. The summed E-state index contributed by atoms with van der Waals surface area (Å²) in [7, 11) is 2.07. The van der Waals surface area contributed by atoms with Crippen molar-refractivity contribution in [2.75, 3.05) is 20.1 Å².